The summed E-state index contributed by atoms with van der Waals surface area (Å²) >= 11 is 5.40. The maximum absolute atomic E-state index is 4.30. The number of hydrogen-bond donors (Lipinski definition) is 0. The zero-order valence-electron chi connectivity index (χ0n) is 7.56. The fourth-order valence-electron chi connectivity index (χ4n) is 1.27. The number of nitrogens with zero attached hydrogens (tertiary/aromatic N) is 1. The Labute approximate surface area is 95.9 Å². The van der Waals surface area contributed by atoms with E-state index in [1.54, 1.807) is 11.3 Å². The zero-order valence-corrected chi connectivity index (χ0v) is 9.96. The van der Waals surface area contributed by atoms with E-state index < -0.39 is 0 Å². The van der Waals surface area contributed by atoms with Gasteiger partial charge in [-0.1, -0.05) is 22.0 Å². The van der Waals surface area contributed by atoms with Gasteiger partial charge >= 0.3 is 0 Å². The van der Waals surface area contributed by atoms with Gasteiger partial charge in [0.25, 0.3) is 0 Å². The lowest BCUT2D eigenvalue weighted by Gasteiger charge is -2.06. The summed E-state index contributed by atoms with van der Waals surface area (Å²) in [7, 11) is 0. The molecule has 0 aliphatic rings. The van der Waals surface area contributed by atoms with Crippen LogP contribution in [0.1, 0.15) is 16.1 Å². The second-order valence-corrected chi connectivity index (χ2v) is 4.93. The van der Waals surface area contributed by atoms with Crippen LogP contribution < -0.4 is 0 Å². The van der Waals surface area contributed by atoms with Crippen molar-refractivity contribution in [2.75, 3.05) is 0 Å². The Morgan fingerprint density at radius 3 is 2.93 bits per heavy atom. The minimum absolute atomic E-state index is 0.378. The number of rotatable bonds is 3. The highest BCUT2D eigenvalue weighted by atomic mass is 79.9. The van der Waals surface area contributed by atoms with E-state index in [2.05, 4.69) is 43.8 Å². The van der Waals surface area contributed by atoms with E-state index in [4.69, 9.17) is 0 Å². The minimum atomic E-state index is 0.378. The summed E-state index contributed by atoms with van der Waals surface area (Å²) in [5.41, 5.74) is 2.46. The first kappa shape index (κ1) is 9.87. The Morgan fingerprint density at radius 2 is 2.29 bits per heavy atom. The molecule has 2 aromatic rings. The first-order chi connectivity index (χ1) is 6.86. The van der Waals surface area contributed by atoms with Gasteiger partial charge in [0.15, 0.2) is 0 Å². The first-order valence-electron chi connectivity index (χ1n) is 4.42. The molecule has 0 radical (unpaired) electrons. The third-order valence-corrected chi connectivity index (χ3v) is 3.57. The Morgan fingerprint density at radius 1 is 1.36 bits per heavy atom. The predicted octanol–water partition coefficient (Wildman–Crippen LogP) is 3.82. The molecule has 2 heterocycles. The van der Waals surface area contributed by atoms with E-state index in [0.29, 0.717) is 4.83 Å². The summed E-state index contributed by atoms with van der Waals surface area (Å²) in [4.78, 5) is 4.68. The van der Waals surface area contributed by atoms with Crippen molar-refractivity contribution in [2.24, 2.45) is 0 Å². The van der Waals surface area contributed by atoms with E-state index in [0.717, 1.165) is 12.1 Å². The number of pyridine rings is 1. The van der Waals surface area contributed by atoms with Crippen molar-refractivity contribution in [3.05, 3.63) is 52.5 Å². The number of alkyl halides is 1. The molecule has 1 atom stereocenters. The molecule has 0 saturated carbocycles. The zero-order chi connectivity index (χ0) is 9.80. The van der Waals surface area contributed by atoms with Crippen molar-refractivity contribution in [3.8, 4) is 0 Å². The number of aromatic nitrogens is 1. The molecule has 14 heavy (non-hydrogen) atoms. The Hall–Kier alpha value is -0.670. The van der Waals surface area contributed by atoms with Crippen LogP contribution in [0, 0.1) is 0 Å². The van der Waals surface area contributed by atoms with Crippen molar-refractivity contribution in [1.29, 1.82) is 0 Å². The molecule has 3 heteroatoms. The monoisotopic (exact) mass is 267 g/mol. The molecule has 0 aliphatic carbocycles. The number of halogens is 1. The molecule has 0 aromatic carbocycles. The fourth-order valence-corrected chi connectivity index (χ4v) is 2.78. The average Bonchev–Trinajstić information content (AvgIpc) is 2.72. The smallest absolute Gasteiger partial charge is 0.0458 e. The summed E-state index contributed by atoms with van der Waals surface area (Å²) in [6.07, 6.45) is 2.78. The van der Waals surface area contributed by atoms with Gasteiger partial charge in [-0.25, -0.2) is 0 Å². The van der Waals surface area contributed by atoms with Crippen LogP contribution in [-0.2, 0) is 6.42 Å². The molecule has 72 valence electrons. The van der Waals surface area contributed by atoms with Gasteiger partial charge in [-0.2, -0.15) is 11.3 Å². The van der Waals surface area contributed by atoms with Gasteiger partial charge in [0.05, 0.1) is 0 Å². The second-order valence-electron chi connectivity index (χ2n) is 3.05. The summed E-state index contributed by atoms with van der Waals surface area (Å²) in [5.74, 6) is 0. The van der Waals surface area contributed by atoms with E-state index in [1.807, 2.05) is 18.3 Å². The molecule has 0 aliphatic heterocycles. The summed E-state index contributed by atoms with van der Waals surface area (Å²) in [6, 6.07) is 8.17. The Kier molecular flexibility index (Phi) is 3.32. The van der Waals surface area contributed by atoms with Gasteiger partial charge in [-0.05, 0) is 34.5 Å². The number of thiophene rings is 1. The van der Waals surface area contributed by atoms with Crippen LogP contribution in [-0.4, -0.2) is 4.98 Å². The summed E-state index contributed by atoms with van der Waals surface area (Å²) in [6.45, 7) is 0. The van der Waals surface area contributed by atoms with Crippen LogP contribution >= 0.6 is 27.3 Å². The Bertz CT molecular complexity index is 371. The fraction of sp³-hybridized carbons (Fsp3) is 0.182. The van der Waals surface area contributed by atoms with Crippen LogP contribution in [0.2, 0.25) is 0 Å². The van der Waals surface area contributed by atoms with Crippen molar-refractivity contribution in [3.63, 3.8) is 0 Å². The van der Waals surface area contributed by atoms with Gasteiger partial charge in [-0.15, -0.1) is 0 Å². The molecular weight excluding hydrogens is 258 g/mol. The lowest BCUT2D eigenvalue weighted by atomic mass is 10.1. The maximum Gasteiger partial charge on any atom is 0.0458 e. The standard InChI is InChI=1S/C11H10BrNS/c12-11(9-4-6-14-8-9)7-10-3-1-2-5-13-10/h1-6,8,11H,7H2. The molecule has 0 N–H and O–H groups in total. The number of hydrogen-bond acceptors (Lipinski definition) is 2. The molecule has 0 spiro atoms. The third kappa shape index (κ3) is 2.42. The molecule has 1 nitrogen and oxygen atoms in total. The quantitative estimate of drug-likeness (QED) is 0.771. The lowest BCUT2D eigenvalue weighted by Crippen LogP contribution is -1.95. The van der Waals surface area contributed by atoms with Crippen LogP contribution in [0.5, 0.6) is 0 Å². The highest BCUT2D eigenvalue weighted by Crippen LogP contribution is 2.27. The normalized spacial score (nSPS) is 12.6. The van der Waals surface area contributed by atoms with Gasteiger partial charge in [0.2, 0.25) is 0 Å². The van der Waals surface area contributed by atoms with Crippen LogP contribution in [0.15, 0.2) is 41.2 Å². The molecule has 0 saturated heterocycles. The molecule has 0 amide bonds. The van der Waals surface area contributed by atoms with E-state index >= 15 is 0 Å². The van der Waals surface area contributed by atoms with Gasteiger partial charge in [-0.3, -0.25) is 4.98 Å². The maximum atomic E-state index is 4.30. The predicted molar refractivity (Wildman–Crippen MR) is 63.9 cm³/mol. The third-order valence-electron chi connectivity index (χ3n) is 2.02. The van der Waals surface area contributed by atoms with Crippen LogP contribution in [0.25, 0.3) is 0 Å². The summed E-state index contributed by atoms with van der Waals surface area (Å²) in [5, 5.41) is 4.27. The molecule has 2 rings (SSSR count). The topological polar surface area (TPSA) is 12.9 Å². The molecule has 0 fully saturated rings. The Balaban J connectivity index is 2.06. The van der Waals surface area contributed by atoms with Crippen molar-refractivity contribution in [2.45, 2.75) is 11.2 Å². The van der Waals surface area contributed by atoms with E-state index in [9.17, 15) is 0 Å². The highest BCUT2D eigenvalue weighted by molar-refractivity contribution is 9.09. The molecule has 2 aromatic heterocycles. The van der Waals surface area contributed by atoms with E-state index in [-0.39, 0.29) is 0 Å². The highest BCUT2D eigenvalue weighted by Gasteiger charge is 2.08. The summed E-state index contributed by atoms with van der Waals surface area (Å²) < 4.78 is 0. The molecular formula is C11H10BrNS. The SMILES string of the molecule is BrC(Cc1ccccn1)c1ccsc1. The minimum Gasteiger partial charge on any atom is -0.261 e. The second kappa shape index (κ2) is 4.71. The van der Waals surface area contributed by atoms with Gasteiger partial charge in [0.1, 0.15) is 0 Å². The van der Waals surface area contributed by atoms with Crippen LogP contribution in [0.3, 0.4) is 0 Å². The lowest BCUT2D eigenvalue weighted by molar-refractivity contribution is 0.909. The van der Waals surface area contributed by atoms with Crippen molar-refractivity contribution < 1.29 is 0 Å². The van der Waals surface area contributed by atoms with Crippen molar-refractivity contribution >= 4 is 27.3 Å². The average molecular weight is 268 g/mol. The largest absolute Gasteiger partial charge is 0.261 e. The molecule has 1 unspecified atom stereocenters. The first-order valence-corrected chi connectivity index (χ1v) is 6.28. The van der Waals surface area contributed by atoms with Gasteiger partial charge < -0.3 is 0 Å². The van der Waals surface area contributed by atoms with E-state index in [1.165, 1.54) is 5.56 Å². The van der Waals surface area contributed by atoms with Gasteiger partial charge in [0, 0.05) is 23.1 Å². The van der Waals surface area contributed by atoms with Crippen LogP contribution in [0.4, 0.5) is 0 Å². The van der Waals surface area contributed by atoms with Crippen molar-refractivity contribution in [1.82, 2.24) is 4.98 Å². The molecule has 0 bridgehead atoms.